The highest BCUT2D eigenvalue weighted by atomic mass is 79.9. The molecule has 0 saturated heterocycles. The van der Waals surface area contributed by atoms with Crippen LogP contribution in [-0.4, -0.2) is 17.7 Å². The van der Waals surface area contributed by atoms with E-state index in [0.29, 0.717) is 13.0 Å². The first-order valence-corrected chi connectivity index (χ1v) is 6.48. The summed E-state index contributed by atoms with van der Waals surface area (Å²) in [4.78, 5) is 10.3. The van der Waals surface area contributed by atoms with Gasteiger partial charge in [0.15, 0.2) is 0 Å². The molecule has 1 aromatic rings. The molecule has 0 radical (unpaired) electrons. The second-order valence-corrected chi connectivity index (χ2v) is 4.96. The Labute approximate surface area is 111 Å². The van der Waals surface area contributed by atoms with Crippen molar-refractivity contribution in [2.45, 2.75) is 19.3 Å². The molecule has 0 aliphatic rings. The van der Waals surface area contributed by atoms with E-state index < -0.39 is 5.97 Å². The number of rotatable bonds is 6. The molecule has 0 atom stereocenters. The quantitative estimate of drug-likeness (QED) is 0.792. The summed E-state index contributed by atoms with van der Waals surface area (Å²) in [6, 6.07) is 5.71. The fraction of sp³-hybridized carbons (Fsp3) is 0.364. The van der Waals surface area contributed by atoms with Gasteiger partial charge in [0, 0.05) is 6.42 Å². The molecule has 0 bridgehead atoms. The highest BCUT2D eigenvalue weighted by molar-refractivity contribution is 9.11. The van der Waals surface area contributed by atoms with Crippen LogP contribution < -0.4 is 4.74 Å². The lowest BCUT2D eigenvalue weighted by molar-refractivity contribution is -0.137. The summed E-state index contributed by atoms with van der Waals surface area (Å²) in [5, 5.41) is 8.46. The third-order valence-corrected chi connectivity index (χ3v) is 3.20. The lowest BCUT2D eigenvalue weighted by atomic mass is 10.2. The number of aliphatic carboxylic acids is 1. The molecule has 3 nitrogen and oxygen atoms in total. The van der Waals surface area contributed by atoms with Gasteiger partial charge in [-0.1, -0.05) is 6.07 Å². The number of unbranched alkanes of at least 4 members (excludes halogenated alkanes) is 1. The number of carbonyl (C=O) groups is 1. The standard InChI is InChI=1S/C11H12Br2O3/c12-8-4-3-5-9(13)11(8)16-7-2-1-6-10(14)15/h3-5H,1-2,6-7H2,(H,14,15). The third kappa shape index (κ3) is 4.53. The van der Waals surface area contributed by atoms with Gasteiger partial charge in [0.25, 0.3) is 0 Å². The van der Waals surface area contributed by atoms with Crippen molar-refractivity contribution in [1.29, 1.82) is 0 Å². The minimum absolute atomic E-state index is 0.195. The maximum absolute atomic E-state index is 10.3. The molecule has 1 aromatic carbocycles. The number of hydrogen-bond acceptors (Lipinski definition) is 2. The molecule has 0 aromatic heterocycles. The topological polar surface area (TPSA) is 46.5 Å². The molecule has 0 amide bonds. The van der Waals surface area contributed by atoms with Crippen LogP contribution in [0.4, 0.5) is 0 Å². The minimum Gasteiger partial charge on any atom is -0.491 e. The van der Waals surface area contributed by atoms with Crippen molar-refractivity contribution in [3.63, 3.8) is 0 Å². The number of hydrogen-bond donors (Lipinski definition) is 1. The molecule has 0 fully saturated rings. The van der Waals surface area contributed by atoms with Crippen LogP contribution in [0.15, 0.2) is 27.1 Å². The van der Waals surface area contributed by atoms with E-state index in [1.54, 1.807) is 0 Å². The molecular formula is C11H12Br2O3. The van der Waals surface area contributed by atoms with E-state index in [1.807, 2.05) is 18.2 Å². The average Bonchev–Trinajstić information content (AvgIpc) is 2.21. The second kappa shape index (κ2) is 6.91. The normalized spacial score (nSPS) is 10.1. The van der Waals surface area contributed by atoms with E-state index in [0.717, 1.165) is 21.1 Å². The van der Waals surface area contributed by atoms with Gasteiger partial charge in [0.1, 0.15) is 5.75 Å². The summed E-state index contributed by atoms with van der Waals surface area (Å²) >= 11 is 6.78. The monoisotopic (exact) mass is 350 g/mol. The van der Waals surface area contributed by atoms with Crippen molar-refractivity contribution in [3.05, 3.63) is 27.1 Å². The molecule has 0 spiro atoms. The van der Waals surface area contributed by atoms with Crippen molar-refractivity contribution in [3.8, 4) is 5.75 Å². The number of ether oxygens (including phenoxy) is 1. The largest absolute Gasteiger partial charge is 0.491 e. The van der Waals surface area contributed by atoms with Crippen molar-refractivity contribution in [1.82, 2.24) is 0 Å². The SMILES string of the molecule is O=C(O)CCCCOc1c(Br)cccc1Br. The highest BCUT2D eigenvalue weighted by Crippen LogP contribution is 2.32. The van der Waals surface area contributed by atoms with Crippen LogP contribution in [0.2, 0.25) is 0 Å². The van der Waals surface area contributed by atoms with Crippen molar-refractivity contribution >= 4 is 37.8 Å². The van der Waals surface area contributed by atoms with Crippen LogP contribution in [0.1, 0.15) is 19.3 Å². The number of halogens is 2. The van der Waals surface area contributed by atoms with Gasteiger partial charge >= 0.3 is 5.97 Å². The lowest BCUT2D eigenvalue weighted by Gasteiger charge is -2.09. The van der Waals surface area contributed by atoms with Crippen molar-refractivity contribution in [2.75, 3.05) is 6.61 Å². The zero-order valence-corrected chi connectivity index (χ0v) is 11.8. The van der Waals surface area contributed by atoms with Crippen LogP contribution >= 0.6 is 31.9 Å². The molecule has 16 heavy (non-hydrogen) atoms. The molecule has 1 N–H and O–H groups in total. The molecule has 0 aliphatic carbocycles. The second-order valence-electron chi connectivity index (χ2n) is 3.25. The maximum Gasteiger partial charge on any atom is 0.303 e. The van der Waals surface area contributed by atoms with Crippen LogP contribution in [-0.2, 0) is 4.79 Å². The van der Waals surface area contributed by atoms with Gasteiger partial charge in [0.2, 0.25) is 0 Å². The van der Waals surface area contributed by atoms with Gasteiger partial charge in [-0.15, -0.1) is 0 Å². The molecule has 0 aliphatic heterocycles. The Kier molecular flexibility index (Phi) is 5.84. The molecule has 1 rings (SSSR count). The zero-order chi connectivity index (χ0) is 12.0. The van der Waals surface area contributed by atoms with Gasteiger partial charge < -0.3 is 9.84 Å². The predicted octanol–water partition coefficient (Wildman–Crippen LogP) is 3.85. The van der Waals surface area contributed by atoms with E-state index in [9.17, 15) is 4.79 Å². The number of carboxylic acid groups (broad SMARTS) is 1. The molecule has 0 heterocycles. The Morgan fingerprint density at radius 3 is 2.44 bits per heavy atom. The first-order valence-electron chi connectivity index (χ1n) is 4.90. The average molecular weight is 352 g/mol. The van der Waals surface area contributed by atoms with E-state index >= 15 is 0 Å². The lowest BCUT2D eigenvalue weighted by Crippen LogP contribution is -2.01. The molecule has 0 saturated carbocycles. The Morgan fingerprint density at radius 2 is 1.88 bits per heavy atom. The first kappa shape index (κ1) is 13.5. The molecular weight excluding hydrogens is 340 g/mol. The van der Waals surface area contributed by atoms with Gasteiger partial charge in [0.05, 0.1) is 15.6 Å². The summed E-state index contributed by atoms with van der Waals surface area (Å²) in [6.07, 6.45) is 1.57. The Morgan fingerprint density at radius 1 is 1.25 bits per heavy atom. The van der Waals surface area contributed by atoms with E-state index in [1.165, 1.54) is 0 Å². The number of carboxylic acids is 1. The maximum atomic E-state index is 10.3. The minimum atomic E-state index is -0.762. The highest BCUT2D eigenvalue weighted by Gasteiger charge is 2.05. The molecule has 5 heteroatoms. The van der Waals surface area contributed by atoms with Gasteiger partial charge in [-0.2, -0.15) is 0 Å². The van der Waals surface area contributed by atoms with Crippen LogP contribution in [0.5, 0.6) is 5.75 Å². The summed E-state index contributed by atoms with van der Waals surface area (Å²) < 4.78 is 7.34. The predicted molar refractivity (Wildman–Crippen MR) is 68.8 cm³/mol. The fourth-order valence-electron chi connectivity index (χ4n) is 1.17. The Bertz CT molecular complexity index is 346. The van der Waals surface area contributed by atoms with Gasteiger partial charge in [-0.05, 0) is 56.8 Å². The Balaban J connectivity index is 2.34. The Hall–Kier alpha value is -0.550. The summed E-state index contributed by atoms with van der Waals surface area (Å²) in [5.41, 5.74) is 0. The van der Waals surface area contributed by atoms with Crippen molar-refractivity contribution < 1.29 is 14.6 Å². The number of para-hydroxylation sites is 1. The first-order chi connectivity index (χ1) is 7.61. The zero-order valence-electron chi connectivity index (χ0n) is 8.58. The van der Waals surface area contributed by atoms with E-state index in [2.05, 4.69) is 31.9 Å². The summed E-state index contributed by atoms with van der Waals surface area (Å²) in [7, 11) is 0. The fourth-order valence-corrected chi connectivity index (χ4v) is 2.40. The summed E-state index contributed by atoms with van der Waals surface area (Å²) in [6.45, 7) is 0.522. The molecule has 88 valence electrons. The van der Waals surface area contributed by atoms with E-state index in [-0.39, 0.29) is 6.42 Å². The number of benzene rings is 1. The van der Waals surface area contributed by atoms with Crippen LogP contribution in [0, 0.1) is 0 Å². The third-order valence-electron chi connectivity index (χ3n) is 1.95. The van der Waals surface area contributed by atoms with Gasteiger partial charge in [-0.25, -0.2) is 0 Å². The van der Waals surface area contributed by atoms with Gasteiger partial charge in [-0.3, -0.25) is 4.79 Å². The summed E-state index contributed by atoms with van der Waals surface area (Å²) in [5.74, 6) is -0.0000952. The van der Waals surface area contributed by atoms with Crippen LogP contribution in [0.3, 0.4) is 0 Å². The van der Waals surface area contributed by atoms with Crippen LogP contribution in [0.25, 0.3) is 0 Å². The van der Waals surface area contributed by atoms with E-state index in [4.69, 9.17) is 9.84 Å². The molecule has 0 unspecified atom stereocenters. The smallest absolute Gasteiger partial charge is 0.303 e. The van der Waals surface area contributed by atoms with Crippen molar-refractivity contribution in [2.24, 2.45) is 0 Å².